The molecular weight excluding hydrogens is 344 g/mol. The first-order chi connectivity index (χ1) is 12.8. The summed E-state index contributed by atoms with van der Waals surface area (Å²) in [5.74, 6) is -1.25. The Hall–Kier alpha value is -2.41. The van der Waals surface area contributed by atoms with Crippen molar-refractivity contribution in [3.05, 3.63) is 29.8 Å². The predicted octanol–water partition coefficient (Wildman–Crippen LogP) is 1.46. The van der Waals surface area contributed by atoms with Crippen LogP contribution in [-0.2, 0) is 15.0 Å². The van der Waals surface area contributed by atoms with E-state index in [1.807, 2.05) is 24.3 Å². The van der Waals surface area contributed by atoms with Crippen LogP contribution in [0.1, 0.15) is 37.7 Å². The zero-order chi connectivity index (χ0) is 19.4. The minimum Gasteiger partial charge on any atom is -0.367 e. The highest BCUT2D eigenvalue weighted by Crippen LogP contribution is 2.51. The molecule has 0 spiro atoms. The fourth-order valence-electron chi connectivity index (χ4n) is 4.52. The lowest BCUT2D eigenvalue weighted by molar-refractivity contribution is -0.136. The molecule has 27 heavy (non-hydrogen) atoms. The highest BCUT2D eigenvalue weighted by molar-refractivity contribution is 6.31. The predicted molar refractivity (Wildman–Crippen MR) is 101 cm³/mol. The van der Waals surface area contributed by atoms with Crippen LogP contribution < -0.4 is 10.6 Å². The van der Waals surface area contributed by atoms with E-state index in [1.54, 1.807) is 0 Å². The Kier molecular flexibility index (Phi) is 4.03. The number of benzene rings is 1. The van der Waals surface area contributed by atoms with Gasteiger partial charge >= 0.3 is 6.03 Å². The van der Waals surface area contributed by atoms with E-state index < -0.39 is 23.4 Å². The number of fused-ring (bicyclic) bond motifs is 1. The molecule has 1 atom stereocenters. The Labute approximate surface area is 159 Å². The number of primary amides is 1. The van der Waals surface area contributed by atoms with Crippen molar-refractivity contribution in [3.63, 3.8) is 0 Å². The molecule has 0 radical (unpaired) electrons. The summed E-state index contributed by atoms with van der Waals surface area (Å²) in [4.78, 5) is 42.5. The molecule has 1 saturated carbocycles. The van der Waals surface area contributed by atoms with E-state index in [0.717, 1.165) is 17.9 Å². The quantitative estimate of drug-likeness (QED) is 0.607. The van der Waals surface area contributed by atoms with Crippen LogP contribution in [0.3, 0.4) is 0 Å². The third kappa shape index (κ3) is 2.56. The number of anilines is 1. The van der Waals surface area contributed by atoms with E-state index in [0.29, 0.717) is 25.1 Å². The van der Waals surface area contributed by atoms with Crippen molar-refractivity contribution < 1.29 is 14.4 Å². The van der Waals surface area contributed by atoms with Gasteiger partial charge in [-0.25, -0.2) is 9.69 Å². The zero-order valence-electron chi connectivity index (χ0n) is 15.9. The number of urea groups is 1. The topological polar surface area (TPSA) is 86.9 Å². The summed E-state index contributed by atoms with van der Waals surface area (Å²) in [7, 11) is 4.15. The highest BCUT2D eigenvalue weighted by Gasteiger charge is 2.63. The Morgan fingerprint density at radius 1 is 1.15 bits per heavy atom. The molecule has 4 amide bonds. The lowest BCUT2D eigenvalue weighted by atomic mass is 9.92. The Morgan fingerprint density at radius 2 is 1.81 bits per heavy atom. The van der Waals surface area contributed by atoms with E-state index in [1.165, 1.54) is 23.3 Å². The molecule has 7 nitrogen and oxygen atoms in total. The van der Waals surface area contributed by atoms with E-state index >= 15 is 0 Å². The zero-order valence-corrected chi connectivity index (χ0v) is 15.9. The van der Waals surface area contributed by atoms with E-state index in [2.05, 4.69) is 19.0 Å². The number of nitrogens with two attached hydrogens (primary N) is 1. The van der Waals surface area contributed by atoms with Gasteiger partial charge in [-0.15, -0.1) is 0 Å². The minimum absolute atomic E-state index is 0.219. The van der Waals surface area contributed by atoms with Gasteiger partial charge in [-0.1, -0.05) is 12.1 Å². The molecule has 144 valence electrons. The molecule has 4 rings (SSSR count). The van der Waals surface area contributed by atoms with Gasteiger partial charge in [0.25, 0.3) is 11.8 Å². The molecular formula is C20H26N4O3. The second-order valence-corrected chi connectivity index (χ2v) is 8.28. The van der Waals surface area contributed by atoms with Gasteiger partial charge in [0, 0.05) is 6.54 Å². The van der Waals surface area contributed by atoms with Gasteiger partial charge in [-0.2, -0.15) is 0 Å². The average molecular weight is 370 g/mol. The molecule has 3 fully saturated rings. The number of amides is 4. The fraction of sp³-hybridized carbons (Fsp3) is 0.550. The van der Waals surface area contributed by atoms with Crippen LogP contribution in [0.5, 0.6) is 0 Å². The van der Waals surface area contributed by atoms with E-state index in [-0.39, 0.29) is 5.41 Å². The summed E-state index contributed by atoms with van der Waals surface area (Å²) in [5, 5.41) is 0. The molecule has 2 saturated heterocycles. The van der Waals surface area contributed by atoms with Crippen molar-refractivity contribution in [3.8, 4) is 0 Å². The first kappa shape index (κ1) is 18.0. The van der Waals surface area contributed by atoms with Crippen molar-refractivity contribution in [2.45, 2.75) is 43.1 Å². The molecule has 0 aromatic heterocycles. The first-order valence-corrected chi connectivity index (χ1v) is 9.53. The van der Waals surface area contributed by atoms with Crippen LogP contribution in [0.15, 0.2) is 24.3 Å². The van der Waals surface area contributed by atoms with Crippen molar-refractivity contribution in [1.82, 2.24) is 9.80 Å². The van der Waals surface area contributed by atoms with Gasteiger partial charge in [0.2, 0.25) is 5.54 Å². The van der Waals surface area contributed by atoms with Gasteiger partial charge in [0.15, 0.2) is 0 Å². The minimum atomic E-state index is -1.50. The third-order valence-electron chi connectivity index (χ3n) is 6.40. The number of rotatable bonds is 6. The Balaban J connectivity index is 1.59. The maximum Gasteiger partial charge on any atom is 0.332 e. The van der Waals surface area contributed by atoms with Gasteiger partial charge in [-0.05, 0) is 75.9 Å². The summed E-state index contributed by atoms with van der Waals surface area (Å²) in [6, 6.07) is 7.21. The summed E-state index contributed by atoms with van der Waals surface area (Å²) in [5.41, 5.74) is 6.00. The van der Waals surface area contributed by atoms with E-state index in [4.69, 9.17) is 5.73 Å². The summed E-state index contributed by atoms with van der Waals surface area (Å²) >= 11 is 0. The summed E-state index contributed by atoms with van der Waals surface area (Å²) in [6.07, 6.45) is 4.34. The fourth-order valence-corrected chi connectivity index (χ4v) is 4.52. The number of hydrogen-bond donors (Lipinski definition) is 1. The number of hydrogen-bond acceptors (Lipinski definition) is 4. The molecule has 1 aromatic carbocycles. The molecule has 3 aliphatic rings. The number of imide groups is 1. The molecule has 2 heterocycles. The number of nitrogens with zero attached hydrogens (tertiary/aromatic N) is 3. The monoisotopic (exact) mass is 370 g/mol. The molecule has 2 N–H and O–H groups in total. The highest BCUT2D eigenvalue weighted by atomic mass is 16.2. The smallest absolute Gasteiger partial charge is 0.332 e. The van der Waals surface area contributed by atoms with Gasteiger partial charge < -0.3 is 15.5 Å². The Bertz CT molecular complexity index is 800. The maximum atomic E-state index is 13.0. The molecule has 7 heteroatoms. The lowest BCUT2D eigenvalue weighted by Crippen LogP contribution is -2.55. The van der Waals surface area contributed by atoms with Gasteiger partial charge in [0.05, 0.1) is 5.69 Å². The molecule has 0 bridgehead atoms. The van der Waals surface area contributed by atoms with Crippen molar-refractivity contribution in [2.24, 2.45) is 5.73 Å². The van der Waals surface area contributed by atoms with Crippen molar-refractivity contribution in [2.75, 3.05) is 32.1 Å². The average Bonchev–Trinajstić information content (AvgIpc) is 3.22. The third-order valence-corrected chi connectivity index (χ3v) is 6.40. The van der Waals surface area contributed by atoms with Crippen LogP contribution in [0, 0.1) is 0 Å². The normalized spacial score (nSPS) is 26.0. The SMILES string of the molecule is CN(C)CCC1(c2ccc(N3C(=O)N4CCC[C@]4(C(N)=O)C3=O)cc2)CC1. The second kappa shape index (κ2) is 6.05. The van der Waals surface area contributed by atoms with Crippen LogP contribution in [0.4, 0.5) is 10.5 Å². The number of carbonyl (C=O) groups excluding carboxylic acids is 3. The largest absolute Gasteiger partial charge is 0.367 e. The van der Waals surface area contributed by atoms with Crippen LogP contribution >= 0.6 is 0 Å². The summed E-state index contributed by atoms with van der Waals surface area (Å²) < 4.78 is 0. The number of carbonyl (C=O) groups is 3. The molecule has 0 unspecified atom stereocenters. The molecule has 1 aliphatic carbocycles. The lowest BCUT2D eigenvalue weighted by Gasteiger charge is -2.23. The van der Waals surface area contributed by atoms with Crippen molar-refractivity contribution >= 4 is 23.5 Å². The van der Waals surface area contributed by atoms with Crippen LogP contribution in [0.25, 0.3) is 0 Å². The van der Waals surface area contributed by atoms with Crippen LogP contribution in [0.2, 0.25) is 0 Å². The van der Waals surface area contributed by atoms with Crippen LogP contribution in [-0.4, -0.2) is 60.4 Å². The molecule has 1 aromatic rings. The standard InChI is InChI=1S/C20H26N4O3/c1-22(2)13-11-19(9-10-19)14-4-6-15(7-5-14)24-17(26)20(16(21)25)8-3-12-23(20)18(24)27/h4-7H,3,8-13H2,1-2H3,(H2,21,25)/t20-/m0/s1. The Morgan fingerprint density at radius 3 is 2.33 bits per heavy atom. The molecule has 2 aliphatic heterocycles. The first-order valence-electron chi connectivity index (χ1n) is 9.53. The second-order valence-electron chi connectivity index (χ2n) is 8.28. The van der Waals surface area contributed by atoms with Crippen molar-refractivity contribution in [1.29, 1.82) is 0 Å². The van der Waals surface area contributed by atoms with Gasteiger partial charge in [0.1, 0.15) is 0 Å². The maximum absolute atomic E-state index is 13.0. The van der Waals surface area contributed by atoms with E-state index in [9.17, 15) is 14.4 Å². The van der Waals surface area contributed by atoms with Gasteiger partial charge in [-0.3, -0.25) is 9.59 Å². The summed E-state index contributed by atoms with van der Waals surface area (Å²) in [6.45, 7) is 1.41.